The molecular formula is C21H19Cl2N3O5. The predicted octanol–water partition coefficient (Wildman–Crippen LogP) is 5.13. The molecular weight excluding hydrogens is 445 g/mol. The molecule has 162 valence electrons. The molecule has 0 saturated heterocycles. The Bertz CT molecular complexity index is 1110. The van der Waals surface area contributed by atoms with Crippen molar-refractivity contribution in [3.63, 3.8) is 0 Å². The molecule has 1 N–H and O–H groups in total. The molecule has 1 aromatic carbocycles. The Kier molecular flexibility index (Phi) is 6.02. The van der Waals surface area contributed by atoms with Crippen molar-refractivity contribution in [3.8, 4) is 34.5 Å². The van der Waals surface area contributed by atoms with Gasteiger partial charge in [-0.15, -0.1) is 0 Å². The maximum Gasteiger partial charge on any atom is 0.306 e. The third-order valence-corrected chi connectivity index (χ3v) is 5.34. The molecule has 4 rings (SSSR count). The smallest absolute Gasteiger partial charge is 0.306 e. The molecule has 31 heavy (non-hydrogen) atoms. The zero-order valence-electron chi connectivity index (χ0n) is 16.7. The Morgan fingerprint density at radius 1 is 1.23 bits per heavy atom. The summed E-state index contributed by atoms with van der Waals surface area (Å²) in [5.74, 6) is 0.306. The van der Waals surface area contributed by atoms with Crippen LogP contribution in [0.4, 0.5) is 0 Å². The third-order valence-electron chi connectivity index (χ3n) is 4.76. The fourth-order valence-electron chi connectivity index (χ4n) is 3.11. The van der Waals surface area contributed by atoms with Crippen LogP contribution >= 0.6 is 23.2 Å². The van der Waals surface area contributed by atoms with Crippen LogP contribution in [-0.4, -0.2) is 38.4 Å². The molecule has 0 amide bonds. The Morgan fingerprint density at radius 2 is 2.00 bits per heavy atom. The van der Waals surface area contributed by atoms with E-state index in [1.807, 2.05) is 13.8 Å². The lowest BCUT2D eigenvalue weighted by Crippen LogP contribution is -2.38. The van der Waals surface area contributed by atoms with Gasteiger partial charge in [0.05, 0.1) is 22.6 Å². The summed E-state index contributed by atoms with van der Waals surface area (Å²) in [5.41, 5.74) is 1.12. The zero-order valence-corrected chi connectivity index (χ0v) is 18.2. The number of benzene rings is 1. The molecule has 0 aliphatic heterocycles. The SMILES string of the molecule is CC(C)Oc1ncc(-c2nc(-c3ccc(O[C@H]4C[C@@H](C(=O)O)C4)cc3Cl)no2)cc1Cl. The van der Waals surface area contributed by atoms with Gasteiger partial charge < -0.3 is 19.1 Å². The average molecular weight is 464 g/mol. The lowest BCUT2D eigenvalue weighted by molar-refractivity contribution is -0.147. The summed E-state index contributed by atoms with van der Waals surface area (Å²) in [6.45, 7) is 3.77. The minimum absolute atomic E-state index is 0.0529. The summed E-state index contributed by atoms with van der Waals surface area (Å²) in [7, 11) is 0. The molecule has 2 aromatic heterocycles. The van der Waals surface area contributed by atoms with Crippen LogP contribution < -0.4 is 9.47 Å². The lowest BCUT2D eigenvalue weighted by Gasteiger charge is -2.32. The first-order valence-corrected chi connectivity index (χ1v) is 10.4. The number of halogens is 2. The van der Waals surface area contributed by atoms with Gasteiger partial charge in [-0.2, -0.15) is 4.98 Å². The van der Waals surface area contributed by atoms with Crippen molar-refractivity contribution >= 4 is 29.2 Å². The first-order chi connectivity index (χ1) is 14.8. The number of rotatable bonds is 7. The number of pyridine rings is 1. The van der Waals surface area contributed by atoms with Crippen LogP contribution in [0.1, 0.15) is 26.7 Å². The van der Waals surface area contributed by atoms with Crippen molar-refractivity contribution in [2.45, 2.75) is 38.9 Å². The maximum absolute atomic E-state index is 10.9. The summed E-state index contributed by atoms with van der Waals surface area (Å²) < 4.78 is 16.7. The van der Waals surface area contributed by atoms with Gasteiger partial charge in [0.15, 0.2) is 0 Å². The summed E-state index contributed by atoms with van der Waals surface area (Å²) in [6, 6.07) is 6.76. The number of hydrogen-bond donors (Lipinski definition) is 1. The molecule has 1 aliphatic carbocycles. The number of ether oxygens (including phenoxy) is 2. The fraction of sp³-hybridized carbons (Fsp3) is 0.333. The fourth-order valence-corrected chi connectivity index (χ4v) is 3.57. The van der Waals surface area contributed by atoms with E-state index in [2.05, 4.69) is 15.1 Å². The minimum Gasteiger partial charge on any atom is -0.490 e. The summed E-state index contributed by atoms with van der Waals surface area (Å²) >= 11 is 12.6. The number of carboxylic acid groups (broad SMARTS) is 1. The Balaban J connectivity index is 1.48. The van der Waals surface area contributed by atoms with Gasteiger partial charge in [0.25, 0.3) is 5.89 Å². The normalized spacial score (nSPS) is 18.0. The number of hydrogen-bond acceptors (Lipinski definition) is 7. The van der Waals surface area contributed by atoms with Gasteiger partial charge in [-0.25, -0.2) is 4.98 Å². The molecule has 2 heterocycles. The monoisotopic (exact) mass is 463 g/mol. The molecule has 3 aromatic rings. The van der Waals surface area contributed by atoms with E-state index in [0.29, 0.717) is 51.5 Å². The van der Waals surface area contributed by atoms with Crippen molar-refractivity contribution in [1.29, 1.82) is 0 Å². The highest BCUT2D eigenvalue weighted by Gasteiger charge is 2.36. The topological polar surface area (TPSA) is 108 Å². The van der Waals surface area contributed by atoms with E-state index in [4.69, 9.17) is 42.3 Å². The van der Waals surface area contributed by atoms with E-state index in [1.54, 1.807) is 30.5 Å². The van der Waals surface area contributed by atoms with Crippen LogP contribution in [0.3, 0.4) is 0 Å². The maximum atomic E-state index is 10.9. The zero-order chi connectivity index (χ0) is 22.1. The van der Waals surface area contributed by atoms with Gasteiger partial charge in [-0.1, -0.05) is 28.4 Å². The van der Waals surface area contributed by atoms with Crippen molar-refractivity contribution < 1.29 is 23.9 Å². The molecule has 8 nitrogen and oxygen atoms in total. The van der Waals surface area contributed by atoms with Crippen LogP contribution in [0, 0.1) is 5.92 Å². The summed E-state index contributed by atoms with van der Waals surface area (Å²) in [6.07, 6.45) is 2.34. The van der Waals surface area contributed by atoms with Gasteiger partial charge in [-0.3, -0.25) is 4.79 Å². The molecule has 1 fully saturated rings. The van der Waals surface area contributed by atoms with Gasteiger partial charge in [0.1, 0.15) is 16.9 Å². The molecule has 0 unspecified atom stereocenters. The van der Waals surface area contributed by atoms with Crippen LogP contribution in [0.5, 0.6) is 11.6 Å². The van der Waals surface area contributed by atoms with Crippen LogP contribution in [-0.2, 0) is 4.79 Å². The van der Waals surface area contributed by atoms with E-state index in [9.17, 15) is 4.79 Å². The van der Waals surface area contributed by atoms with E-state index in [0.717, 1.165) is 0 Å². The van der Waals surface area contributed by atoms with E-state index < -0.39 is 5.97 Å². The molecule has 1 saturated carbocycles. The van der Waals surface area contributed by atoms with Crippen molar-refractivity contribution in [1.82, 2.24) is 15.1 Å². The Morgan fingerprint density at radius 3 is 2.65 bits per heavy atom. The van der Waals surface area contributed by atoms with Crippen LogP contribution in [0.25, 0.3) is 22.8 Å². The average Bonchev–Trinajstić information content (AvgIpc) is 3.15. The molecule has 10 heteroatoms. The van der Waals surface area contributed by atoms with Gasteiger partial charge in [-0.05, 0) is 51.0 Å². The molecule has 1 aliphatic rings. The lowest BCUT2D eigenvalue weighted by atomic mass is 9.82. The highest BCUT2D eigenvalue weighted by molar-refractivity contribution is 6.33. The van der Waals surface area contributed by atoms with E-state index in [-0.39, 0.29) is 24.0 Å². The number of carboxylic acids is 1. The van der Waals surface area contributed by atoms with Crippen LogP contribution in [0.15, 0.2) is 35.0 Å². The molecule has 0 atom stereocenters. The number of aromatic nitrogens is 3. The Hall–Kier alpha value is -2.84. The van der Waals surface area contributed by atoms with Crippen molar-refractivity contribution in [3.05, 3.63) is 40.5 Å². The standard InChI is InChI=1S/C21H19Cl2N3O5/c1-10(2)29-20-17(23)7-12(9-24-20)19-25-18(26-31-19)15-4-3-13(8-16(15)22)30-14-5-11(6-14)21(27)28/h3-4,7-11,14H,5-6H2,1-2H3,(H,27,28)/t11-,14+. The van der Waals surface area contributed by atoms with Crippen molar-refractivity contribution in [2.24, 2.45) is 5.92 Å². The number of nitrogens with zero attached hydrogens (tertiary/aromatic N) is 3. The van der Waals surface area contributed by atoms with Crippen LogP contribution in [0.2, 0.25) is 10.0 Å². The predicted molar refractivity (Wildman–Crippen MR) is 114 cm³/mol. The Labute approximate surface area is 188 Å². The summed E-state index contributed by atoms with van der Waals surface area (Å²) in [4.78, 5) is 19.5. The second kappa shape index (κ2) is 8.72. The minimum atomic E-state index is -0.792. The quantitative estimate of drug-likeness (QED) is 0.513. The first kappa shape index (κ1) is 21.4. The van der Waals surface area contributed by atoms with E-state index >= 15 is 0 Å². The van der Waals surface area contributed by atoms with Crippen molar-refractivity contribution in [2.75, 3.05) is 0 Å². The molecule has 0 bridgehead atoms. The highest BCUT2D eigenvalue weighted by atomic mass is 35.5. The second-order valence-electron chi connectivity index (χ2n) is 7.49. The molecule has 0 spiro atoms. The van der Waals surface area contributed by atoms with E-state index in [1.165, 1.54) is 0 Å². The largest absolute Gasteiger partial charge is 0.490 e. The van der Waals surface area contributed by atoms with Gasteiger partial charge in [0.2, 0.25) is 11.7 Å². The van der Waals surface area contributed by atoms with Gasteiger partial charge in [0, 0.05) is 11.8 Å². The molecule has 0 radical (unpaired) electrons. The third kappa shape index (κ3) is 4.75. The highest BCUT2D eigenvalue weighted by Crippen LogP contribution is 2.35. The number of aliphatic carboxylic acids is 1. The summed E-state index contributed by atoms with van der Waals surface area (Å²) in [5, 5.41) is 13.7. The van der Waals surface area contributed by atoms with Gasteiger partial charge >= 0.3 is 5.97 Å². The second-order valence-corrected chi connectivity index (χ2v) is 8.30. The number of carbonyl (C=O) groups is 1. The first-order valence-electron chi connectivity index (χ1n) is 9.66.